The molecule has 0 radical (unpaired) electrons. The Morgan fingerprint density at radius 2 is 1.66 bits per heavy atom. The number of aromatic amines is 1. The second-order valence-corrected chi connectivity index (χ2v) is 7.57. The van der Waals surface area contributed by atoms with Crippen LogP contribution in [0.4, 0.5) is 0 Å². The zero-order valence-electron chi connectivity index (χ0n) is 14.9. The van der Waals surface area contributed by atoms with E-state index in [0.717, 1.165) is 11.0 Å². The summed E-state index contributed by atoms with van der Waals surface area (Å²) in [6.45, 7) is 0. The molecule has 0 saturated heterocycles. The first-order chi connectivity index (χ1) is 14.0. The first-order valence-electron chi connectivity index (χ1n) is 8.68. The van der Waals surface area contributed by atoms with Gasteiger partial charge in [-0.15, -0.1) is 0 Å². The highest BCUT2D eigenvalue weighted by atomic mass is 35.5. The van der Waals surface area contributed by atoms with Crippen molar-refractivity contribution in [2.45, 2.75) is 0 Å². The molecule has 4 rings (SSSR count). The van der Waals surface area contributed by atoms with Crippen LogP contribution in [-0.2, 0) is 0 Å². The average molecular weight is 443 g/mol. The third kappa shape index (κ3) is 4.46. The Labute approximate surface area is 182 Å². The van der Waals surface area contributed by atoms with Crippen LogP contribution in [0.2, 0.25) is 15.1 Å². The van der Waals surface area contributed by atoms with Gasteiger partial charge in [-0.3, -0.25) is 4.79 Å². The number of amides is 1. The van der Waals surface area contributed by atoms with Crippen LogP contribution in [-0.4, -0.2) is 15.9 Å². The van der Waals surface area contributed by atoms with Crippen LogP contribution in [0.3, 0.4) is 0 Å². The van der Waals surface area contributed by atoms with Crippen molar-refractivity contribution in [2.24, 2.45) is 0 Å². The highest BCUT2D eigenvalue weighted by Gasteiger charge is 2.14. The normalized spacial score (nSPS) is 11.6. The minimum absolute atomic E-state index is 0.270. The van der Waals surface area contributed by atoms with Gasteiger partial charge in [0.2, 0.25) is 0 Å². The second-order valence-electron chi connectivity index (χ2n) is 6.29. The van der Waals surface area contributed by atoms with Gasteiger partial charge in [-0.2, -0.15) is 0 Å². The van der Waals surface area contributed by atoms with Crippen molar-refractivity contribution < 1.29 is 4.79 Å². The third-order valence-electron chi connectivity index (χ3n) is 4.24. The summed E-state index contributed by atoms with van der Waals surface area (Å²) in [5.41, 5.74) is 3.11. The van der Waals surface area contributed by atoms with Crippen molar-refractivity contribution in [1.29, 1.82) is 0 Å². The number of fused-ring (bicyclic) bond motifs is 1. The molecule has 144 valence electrons. The van der Waals surface area contributed by atoms with Gasteiger partial charge in [0.1, 0.15) is 0 Å². The monoisotopic (exact) mass is 441 g/mol. The van der Waals surface area contributed by atoms with Gasteiger partial charge in [0.15, 0.2) is 5.82 Å². The molecule has 0 unspecified atom stereocenters. The maximum Gasteiger partial charge on any atom is 0.255 e. The van der Waals surface area contributed by atoms with Crippen molar-refractivity contribution in [3.05, 3.63) is 98.7 Å². The summed E-state index contributed by atoms with van der Waals surface area (Å²) in [7, 11) is 0. The largest absolute Gasteiger partial charge is 0.337 e. The first kappa shape index (κ1) is 19.5. The molecule has 0 spiro atoms. The highest BCUT2D eigenvalue weighted by Crippen LogP contribution is 2.26. The number of hydrogen-bond donors (Lipinski definition) is 2. The first-order valence-corrected chi connectivity index (χ1v) is 9.82. The molecule has 1 heterocycles. The lowest BCUT2D eigenvalue weighted by Gasteiger charge is -2.09. The summed E-state index contributed by atoms with van der Waals surface area (Å²) in [5.74, 6) is 0.205. The smallest absolute Gasteiger partial charge is 0.255 e. The predicted octanol–water partition coefficient (Wildman–Crippen LogP) is 6.45. The molecule has 0 atom stereocenters. The van der Waals surface area contributed by atoms with Gasteiger partial charge in [-0.25, -0.2) is 4.98 Å². The van der Waals surface area contributed by atoms with E-state index >= 15 is 0 Å². The molecule has 7 heteroatoms. The number of hydrogen-bond acceptors (Lipinski definition) is 2. The topological polar surface area (TPSA) is 57.8 Å². The van der Waals surface area contributed by atoms with E-state index in [0.29, 0.717) is 37.7 Å². The molecule has 29 heavy (non-hydrogen) atoms. The van der Waals surface area contributed by atoms with Crippen molar-refractivity contribution in [3.63, 3.8) is 0 Å². The maximum atomic E-state index is 12.8. The molecule has 0 saturated carbocycles. The summed E-state index contributed by atoms with van der Waals surface area (Å²) in [4.78, 5) is 20.5. The van der Waals surface area contributed by atoms with Crippen molar-refractivity contribution in [2.75, 3.05) is 0 Å². The quantitative estimate of drug-likeness (QED) is 0.381. The van der Waals surface area contributed by atoms with Gasteiger partial charge in [-0.05, 0) is 60.2 Å². The Morgan fingerprint density at radius 3 is 2.45 bits per heavy atom. The van der Waals surface area contributed by atoms with Crippen LogP contribution in [0.5, 0.6) is 0 Å². The van der Waals surface area contributed by atoms with Crippen LogP contribution in [0.1, 0.15) is 21.7 Å². The molecule has 0 fully saturated rings. The number of imidazole rings is 1. The van der Waals surface area contributed by atoms with Crippen LogP contribution in [0.15, 0.2) is 66.7 Å². The van der Waals surface area contributed by atoms with Crippen LogP contribution in [0, 0.1) is 0 Å². The van der Waals surface area contributed by atoms with E-state index in [1.54, 1.807) is 66.7 Å². The van der Waals surface area contributed by atoms with E-state index in [1.807, 2.05) is 6.07 Å². The Bertz CT molecular complexity index is 1230. The summed E-state index contributed by atoms with van der Waals surface area (Å²) in [6, 6.07) is 19.4. The molecule has 0 aliphatic heterocycles. The van der Waals surface area contributed by atoms with Crippen LogP contribution < -0.4 is 5.32 Å². The lowest BCUT2D eigenvalue weighted by atomic mass is 10.1. The van der Waals surface area contributed by atoms with Gasteiger partial charge in [-0.1, -0.05) is 53.0 Å². The summed E-state index contributed by atoms with van der Waals surface area (Å²) in [6.07, 6.45) is 1.73. The highest BCUT2D eigenvalue weighted by molar-refractivity contribution is 6.34. The van der Waals surface area contributed by atoms with E-state index in [4.69, 9.17) is 34.8 Å². The minimum Gasteiger partial charge on any atom is -0.337 e. The number of nitrogens with one attached hydrogen (secondary N) is 2. The van der Waals surface area contributed by atoms with E-state index < -0.39 is 0 Å². The standard InChI is InChI=1S/C22H14Cl3N3O/c23-15-6-8-17(25)14(10-15)11-20(28-22(29)13-4-2-1-3-5-13)21-26-18-9-7-16(24)12-19(18)27-21/h1-12H,(H,26,27)(H,28,29)/b20-11-. The Hall–Kier alpha value is -2.79. The Balaban J connectivity index is 1.80. The zero-order chi connectivity index (χ0) is 20.4. The molecule has 3 aromatic carbocycles. The molecule has 1 amide bonds. The minimum atomic E-state index is -0.270. The number of halogens is 3. The molecule has 0 aliphatic carbocycles. The summed E-state index contributed by atoms with van der Waals surface area (Å²) in [5, 5.41) is 4.53. The fourth-order valence-corrected chi connectivity index (χ4v) is 3.36. The van der Waals surface area contributed by atoms with Gasteiger partial charge in [0, 0.05) is 20.6 Å². The van der Waals surface area contributed by atoms with Gasteiger partial charge in [0.25, 0.3) is 5.91 Å². The predicted molar refractivity (Wildman–Crippen MR) is 119 cm³/mol. The van der Waals surface area contributed by atoms with Crippen LogP contribution >= 0.6 is 34.8 Å². The molecule has 1 aromatic heterocycles. The van der Waals surface area contributed by atoms with Gasteiger partial charge < -0.3 is 10.3 Å². The van der Waals surface area contributed by atoms with Crippen molar-refractivity contribution >= 4 is 63.5 Å². The maximum absolute atomic E-state index is 12.8. The van der Waals surface area contributed by atoms with Gasteiger partial charge in [0.05, 0.1) is 16.7 Å². The molecule has 4 aromatic rings. The number of aromatic nitrogens is 2. The summed E-state index contributed by atoms with van der Waals surface area (Å²) < 4.78 is 0. The van der Waals surface area contributed by atoms with Crippen molar-refractivity contribution in [1.82, 2.24) is 15.3 Å². The number of carbonyl (C=O) groups excluding carboxylic acids is 1. The molecular formula is C22H14Cl3N3O. The lowest BCUT2D eigenvalue weighted by Crippen LogP contribution is -2.22. The third-order valence-corrected chi connectivity index (χ3v) is 5.06. The number of carbonyl (C=O) groups is 1. The van der Waals surface area contributed by atoms with Crippen molar-refractivity contribution in [3.8, 4) is 0 Å². The van der Waals surface area contributed by atoms with E-state index in [-0.39, 0.29) is 5.91 Å². The number of rotatable bonds is 4. The average Bonchev–Trinajstić information content (AvgIpc) is 3.14. The van der Waals surface area contributed by atoms with Crippen LogP contribution in [0.25, 0.3) is 22.8 Å². The van der Waals surface area contributed by atoms with E-state index in [2.05, 4.69) is 15.3 Å². The number of nitrogens with zero attached hydrogens (tertiary/aromatic N) is 1. The van der Waals surface area contributed by atoms with E-state index in [1.165, 1.54) is 0 Å². The lowest BCUT2D eigenvalue weighted by molar-refractivity contribution is 0.0973. The van der Waals surface area contributed by atoms with E-state index in [9.17, 15) is 4.79 Å². The fourth-order valence-electron chi connectivity index (χ4n) is 2.84. The molecule has 0 bridgehead atoms. The molecule has 2 N–H and O–H groups in total. The summed E-state index contributed by atoms with van der Waals surface area (Å²) >= 11 is 18.5. The fraction of sp³-hybridized carbons (Fsp3) is 0. The number of benzene rings is 3. The number of H-pyrrole nitrogens is 1. The Morgan fingerprint density at radius 1 is 0.931 bits per heavy atom. The SMILES string of the molecule is O=C(N/C(=C\c1cc(Cl)ccc1Cl)c1nc2ccc(Cl)cc2[nH]1)c1ccccc1. The van der Waals surface area contributed by atoms with Gasteiger partial charge >= 0.3 is 0 Å². The molecule has 0 aliphatic rings. The molecule has 4 nitrogen and oxygen atoms in total. The second kappa shape index (κ2) is 8.29. The molecular weight excluding hydrogens is 429 g/mol. The Kier molecular flexibility index (Phi) is 5.58. The zero-order valence-corrected chi connectivity index (χ0v) is 17.2.